The van der Waals surface area contributed by atoms with Crippen LogP contribution in [0.15, 0.2) is 30.3 Å². The Morgan fingerprint density at radius 3 is 2.46 bits per heavy atom. The van der Waals surface area contributed by atoms with Gasteiger partial charge in [0.25, 0.3) is 5.69 Å². The molecule has 1 aromatic rings. The first-order valence-electron chi connectivity index (χ1n) is 4.01. The second-order valence-corrected chi connectivity index (χ2v) is 2.28. The molecule has 1 aromatic carbocycles. The Balaban J connectivity index is 2.94. The number of hydrogen-bond donors (Lipinski definition) is 0. The SMILES string of the molecule is [2H]C(C=O)=Cc1ccc([N+](=O)[O-])cc1. The number of nitrogens with zero attached hydrogens (tertiary/aromatic N) is 1. The minimum Gasteiger partial charge on any atom is -0.299 e. The summed E-state index contributed by atoms with van der Waals surface area (Å²) < 4.78 is 7.06. The van der Waals surface area contributed by atoms with Gasteiger partial charge in [-0.2, -0.15) is 0 Å². The molecule has 4 nitrogen and oxygen atoms in total. The Morgan fingerprint density at radius 2 is 2.00 bits per heavy atom. The van der Waals surface area contributed by atoms with Gasteiger partial charge in [0.05, 0.1) is 6.29 Å². The quantitative estimate of drug-likeness (QED) is 0.307. The average Bonchev–Trinajstić information content (AvgIpc) is 2.18. The predicted octanol–water partition coefficient (Wildman–Crippen LogP) is 1.81. The number of non-ortho nitro benzene ring substituents is 1. The number of hydrogen-bond acceptors (Lipinski definition) is 3. The summed E-state index contributed by atoms with van der Waals surface area (Å²) in [5, 5.41) is 10.3. The Kier molecular flexibility index (Phi) is 2.45. The lowest BCUT2D eigenvalue weighted by Crippen LogP contribution is -1.86. The van der Waals surface area contributed by atoms with Gasteiger partial charge in [-0.05, 0) is 23.7 Å². The fraction of sp³-hybridized carbons (Fsp3) is 0. The molecule has 0 radical (unpaired) electrons. The normalized spacial score (nSPS) is 12.0. The molecule has 0 N–H and O–H groups in total. The molecule has 0 bridgehead atoms. The molecule has 0 unspecified atom stereocenters. The maximum Gasteiger partial charge on any atom is 0.269 e. The topological polar surface area (TPSA) is 60.2 Å². The van der Waals surface area contributed by atoms with Crippen molar-refractivity contribution in [1.82, 2.24) is 0 Å². The first kappa shape index (κ1) is 7.67. The summed E-state index contributed by atoms with van der Waals surface area (Å²) in [6.45, 7) is 0. The van der Waals surface area contributed by atoms with Gasteiger partial charge in [-0.1, -0.05) is 6.08 Å². The maximum absolute atomic E-state index is 10.3. The van der Waals surface area contributed by atoms with E-state index in [0.717, 1.165) is 0 Å². The van der Waals surface area contributed by atoms with Crippen LogP contribution in [0.2, 0.25) is 0 Å². The highest BCUT2D eigenvalue weighted by molar-refractivity contribution is 5.73. The summed E-state index contributed by atoms with van der Waals surface area (Å²) >= 11 is 0. The Bertz CT molecular complexity index is 384. The van der Waals surface area contributed by atoms with Crippen LogP contribution in [0.5, 0.6) is 0 Å². The zero-order valence-corrected chi connectivity index (χ0v) is 6.64. The van der Waals surface area contributed by atoms with Gasteiger partial charge in [0.2, 0.25) is 0 Å². The van der Waals surface area contributed by atoms with Crippen LogP contribution < -0.4 is 0 Å². The number of carbonyl (C=O) groups is 1. The molecule has 0 saturated heterocycles. The molecule has 0 heterocycles. The minimum absolute atomic E-state index is 0.0141. The number of allylic oxidation sites excluding steroid dienone is 1. The molecule has 0 saturated carbocycles. The molecule has 4 heteroatoms. The molecule has 13 heavy (non-hydrogen) atoms. The molecule has 66 valence electrons. The average molecular weight is 178 g/mol. The monoisotopic (exact) mass is 178 g/mol. The second kappa shape index (κ2) is 4.15. The molecular weight excluding hydrogens is 170 g/mol. The molecule has 0 aliphatic carbocycles. The van der Waals surface area contributed by atoms with E-state index in [0.29, 0.717) is 11.8 Å². The van der Waals surface area contributed by atoms with E-state index < -0.39 is 4.92 Å². The summed E-state index contributed by atoms with van der Waals surface area (Å²) in [4.78, 5) is 19.9. The number of rotatable bonds is 3. The molecular formula is C9H7NO3. The fourth-order valence-corrected chi connectivity index (χ4v) is 0.823. The molecule has 0 atom stereocenters. The van der Waals surface area contributed by atoms with Crippen LogP contribution in [-0.2, 0) is 4.79 Å². The lowest BCUT2D eigenvalue weighted by molar-refractivity contribution is -0.384. The standard InChI is InChI=1S/C9H7NO3/c11-7-1-2-8-3-5-9(6-4-8)10(12)13/h1-7H/i1D. The van der Waals surface area contributed by atoms with Crippen molar-refractivity contribution in [3.05, 3.63) is 46.0 Å². The van der Waals surface area contributed by atoms with Crippen molar-refractivity contribution in [2.75, 3.05) is 0 Å². The number of benzene rings is 1. The zero-order chi connectivity index (χ0) is 10.6. The number of nitro groups is 1. The summed E-state index contributed by atoms with van der Waals surface area (Å²) in [5.74, 6) is 0. The van der Waals surface area contributed by atoms with E-state index in [-0.39, 0.29) is 11.7 Å². The maximum atomic E-state index is 10.3. The van der Waals surface area contributed by atoms with Gasteiger partial charge >= 0.3 is 0 Å². The van der Waals surface area contributed by atoms with Gasteiger partial charge in [-0.3, -0.25) is 14.9 Å². The van der Waals surface area contributed by atoms with Crippen molar-refractivity contribution in [2.45, 2.75) is 0 Å². The zero-order valence-electron chi connectivity index (χ0n) is 7.64. The molecule has 0 spiro atoms. The third-order valence-electron chi connectivity index (χ3n) is 1.42. The highest BCUT2D eigenvalue weighted by atomic mass is 16.6. The van der Waals surface area contributed by atoms with Crippen LogP contribution in [-0.4, -0.2) is 11.2 Å². The fourth-order valence-electron chi connectivity index (χ4n) is 0.823. The van der Waals surface area contributed by atoms with Crippen LogP contribution in [0, 0.1) is 10.1 Å². The van der Waals surface area contributed by atoms with Crippen molar-refractivity contribution < 1.29 is 11.1 Å². The lowest BCUT2D eigenvalue weighted by Gasteiger charge is -1.91. The van der Waals surface area contributed by atoms with Crippen LogP contribution >= 0.6 is 0 Å². The van der Waals surface area contributed by atoms with Gasteiger partial charge < -0.3 is 0 Å². The van der Waals surface area contributed by atoms with E-state index in [1.54, 1.807) is 0 Å². The van der Waals surface area contributed by atoms with Gasteiger partial charge in [-0.25, -0.2) is 0 Å². The number of aldehydes is 1. The highest BCUT2D eigenvalue weighted by Crippen LogP contribution is 2.12. The van der Waals surface area contributed by atoms with E-state index in [1.165, 1.54) is 30.3 Å². The first-order valence-corrected chi connectivity index (χ1v) is 3.51. The van der Waals surface area contributed by atoms with Gasteiger partial charge in [-0.15, -0.1) is 0 Å². The van der Waals surface area contributed by atoms with E-state index in [9.17, 15) is 14.9 Å². The van der Waals surface area contributed by atoms with Crippen LogP contribution in [0.25, 0.3) is 6.08 Å². The van der Waals surface area contributed by atoms with E-state index in [1.807, 2.05) is 0 Å². The first-order chi connectivity index (χ1) is 6.63. The van der Waals surface area contributed by atoms with Crippen molar-refractivity contribution in [3.8, 4) is 0 Å². The smallest absolute Gasteiger partial charge is 0.269 e. The Morgan fingerprint density at radius 1 is 1.38 bits per heavy atom. The summed E-state index contributed by atoms with van der Waals surface area (Å²) in [7, 11) is 0. The van der Waals surface area contributed by atoms with Gasteiger partial charge in [0.1, 0.15) is 6.29 Å². The number of nitro benzene ring substituents is 1. The molecule has 0 fully saturated rings. The van der Waals surface area contributed by atoms with Crippen LogP contribution in [0.3, 0.4) is 0 Å². The largest absolute Gasteiger partial charge is 0.299 e. The molecule has 0 aliphatic rings. The number of carbonyl (C=O) groups excluding carboxylic acids is 1. The predicted molar refractivity (Wildman–Crippen MR) is 48.2 cm³/mol. The lowest BCUT2D eigenvalue weighted by atomic mass is 10.2. The Hall–Kier alpha value is -1.97. The van der Waals surface area contributed by atoms with Gasteiger partial charge in [0.15, 0.2) is 0 Å². The highest BCUT2D eigenvalue weighted by Gasteiger charge is 2.01. The second-order valence-electron chi connectivity index (χ2n) is 2.28. The summed E-state index contributed by atoms with van der Waals surface area (Å²) in [6, 6.07) is 5.44. The molecule has 0 aliphatic heterocycles. The van der Waals surface area contributed by atoms with E-state index in [4.69, 9.17) is 1.37 Å². The Labute approximate surface area is 76.1 Å². The van der Waals surface area contributed by atoms with Crippen LogP contribution in [0.1, 0.15) is 6.93 Å². The van der Waals surface area contributed by atoms with Crippen molar-refractivity contribution in [1.29, 1.82) is 0 Å². The van der Waals surface area contributed by atoms with Gasteiger partial charge in [0, 0.05) is 12.1 Å². The van der Waals surface area contributed by atoms with E-state index >= 15 is 0 Å². The molecule has 0 aromatic heterocycles. The summed E-state index contributed by atoms with van der Waals surface area (Å²) in [5.41, 5.74) is 0.576. The molecule has 1 rings (SSSR count). The summed E-state index contributed by atoms with van der Waals surface area (Å²) in [6.07, 6.45) is 1.73. The van der Waals surface area contributed by atoms with Crippen LogP contribution in [0.4, 0.5) is 5.69 Å². The minimum atomic E-state index is -0.505. The third-order valence-corrected chi connectivity index (χ3v) is 1.42. The molecule has 0 amide bonds. The van der Waals surface area contributed by atoms with Crippen molar-refractivity contribution in [2.24, 2.45) is 0 Å². The van der Waals surface area contributed by atoms with E-state index in [2.05, 4.69) is 0 Å². The van der Waals surface area contributed by atoms with Crippen molar-refractivity contribution in [3.63, 3.8) is 0 Å². The third kappa shape index (κ3) is 2.52. The van der Waals surface area contributed by atoms with Crippen molar-refractivity contribution >= 4 is 18.0 Å².